The average Bonchev–Trinajstić information content (AvgIpc) is 2.95. The van der Waals surface area contributed by atoms with Crippen LogP contribution in [0.2, 0.25) is 5.02 Å². The van der Waals surface area contributed by atoms with E-state index in [2.05, 4.69) is 0 Å². The molecule has 6 nitrogen and oxygen atoms in total. The van der Waals surface area contributed by atoms with Gasteiger partial charge in [0.2, 0.25) is 0 Å². The molecule has 0 bridgehead atoms. The van der Waals surface area contributed by atoms with Crippen molar-refractivity contribution in [2.75, 3.05) is 7.11 Å². The van der Waals surface area contributed by atoms with Gasteiger partial charge < -0.3 is 9.30 Å². The third kappa shape index (κ3) is 2.40. The van der Waals surface area contributed by atoms with Crippen LogP contribution in [0.1, 0.15) is 5.56 Å². The van der Waals surface area contributed by atoms with E-state index in [1.165, 1.54) is 9.13 Å². The van der Waals surface area contributed by atoms with Crippen molar-refractivity contribution in [1.82, 2.24) is 13.7 Å². The quantitative estimate of drug-likeness (QED) is 0.534. The predicted octanol–water partition coefficient (Wildman–Crippen LogP) is 3.15. The summed E-state index contributed by atoms with van der Waals surface area (Å²) in [6.07, 6.45) is 0. The fourth-order valence-electron chi connectivity index (χ4n) is 3.59. The van der Waals surface area contributed by atoms with E-state index >= 15 is 0 Å². The summed E-state index contributed by atoms with van der Waals surface area (Å²) in [7, 11) is 5.07. The number of methoxy groups -OCH3 is 1. The molecule has 0 spiro atoms. The molecule has 0 radical (unpaired) electrons. The van der Waals surface area contributed by atoms with Gasteiger partial charge in [0.15, 0.2) is 0 Å². The minimum atomic E-state index is -0.423. The van der Waals surface area contributed by atoms with Gasteiger partial charge in [0.1, 0.15) is 11.3 Å². The lowest BCUT2D eigenvalue weighted by molar-refractivity contribution is 0.415. The van der Waals surface area contributed by atoms with Crippen LogP contribution in [-0.4, -0.2) is 20.8 Å². The third-order valence-corrected chi connectivity index (χ3v) is 5.25. The molecule has 0 saturated carbocycles. The first-order chi connectivity index (χ1) is 12.8. The number of hydrogen-bond acceptors (Lipinski definition) is 3. The van der Waals surface area contributed by atoms with E-state index in [4.69, 9.17) is 16.3 Å². The van der Waals surface area contributed by atoms with Crippen molar-refractivity contribution in [1.29, 1.82) is 0 Å². The maximum atomic E-state index is 13.4. The molecule has 0 unspecified atom stereocenters. The van der Waals surface area contributed by atoms with Crippen molar-refractivity contribution >= 4 is 33.5 Å². The lowest BCUT2D eigenvalue weighted by atomic mass is 10.2. The van der Waals surface area contributed by atoms with Crippen LogP contribution in [0.15, 0.2) is 46.0 Å². The minimum absolute atomic E-state index is 0.379. The van der Waals surface area contributed by atoms with E-state index in [0.717, 1.165) is 16.5 Å². The molecular formula is C20H18ClN3O3. The number of fused-ring (bicyclic) bond motifs is 3. The van der Waals surface area contributed by atoms with Crippen molar-refractivity contribution in [3.05, 3.63) is 67.8 Å². The summed E-state index contributed by atoms with van der Waals surface area (Å²) in [4.78, 5) is 26.5. The van der Waals surface area contributed by atoms with Crippen molar-refractivity contribution in [2.24, 2.45) is 14.1 Å². The molecule has 0 aliphatic heterocycles. The second-order valence-corrected chi connectivity index (χ2v) is 6.99. The van der Waals surface area contributed by atoms with Gasteiger partial charge in [-0.1, -0.05) is 17.7 Å². The zero-order chi connectivity index (χ0) is 19.5. The van der Waals surface area contributed by atoms with Gasteiger partial charge in [-0.2, -0.15) is 0 Å². The van der Waals surface area contributed by atoms with Crippen LogP contribution in [-0.2, 0) is 14.1 Å². The first-order valence-electron chi connectivity index (χ1n) is 8.40. The molecule has 138 valence electrons. The Morgan fingerprint density at radius 3 is 2.41 bits per heavy atom. The van der Waals surface area contributed by atoms with Gasteiger partial charge in [-0.05, 0) is 42.8 Å². The molecular weight excluding hydrogens is 366 g/mol. The van der Waals surface area contributed by atoms with Crippen LogP contribution in [0.5, 0.6) is 5.75 Å². The Morgan fingerprint density at radius 2 is 1.70 bits per heavy atom. The van der Waals surface area contributed by atoms with E-state index in [1.54, 1.807) is 32.4 Å². The molecule has 0 saturated heterocycles. The number of aryl methyl sites for hydroxylation is 3. The highest BCUT2D eigenvalue weighted by Gasteiger charge is 2.20. The molecule has 0 aliphatic carbocycles. The summed E-state index contributed by atoms with van der Waals surface area (Å²) >= 11 is 6.11. The van der Waals surface area contributed by atoms with Crippen LogP contribution >= 0.6 is 11.6 Å². The number of hydrogen-bond donors (Lipinski definition) is 0. The fraction of sp³-hybridized carbons (Fsp3) is 0.200. The molecule has 2 aromatic carbocycles. The Hall–Kier alpha value is -2.99. The highest BCUT2D eigenvalue weighted by atomic mass is 35.5. The smallest absolute Gasteiger partial charge is 0.335 e. The summed E-state index contributed by atoms with van der Waals surface area (Å²) in [5, 5.41) is 1.25. The molecule has 0 N–H and O–H groups in total. The summed E-state index contributed by atoms with van der Waals surface area (Å²) in [5.41, 5.74) is 2.34. The molecule has 2 aromatic heterocycles. The zero-order valence-corrected chi connectivity index (χ0v) is 16.2. The molecule has 7 heteroatoms. The van der Waals surface area contributed by atoms with Gasteiger partial charge in [0.25, 0.3) is 5.56 Å². The van der Waals surface area contributed by atoms with E-state index in [0.29, 0.717) is 27.5 Å². The van der Waals surface area contributed by atoms with Gasteiger partial charge in [0.05, 0.1) is 23.8 Å². The molecule has 27 heavy (non-hydrogen) atoms. The van der Waals surface area contributed by atoms with Crippen LogP contribution in [0.4, 0.5) is 0 Å². The van der Waals surface area contributed by atoms with E-state index in [-0.39, 0.29) is 5.56 Å². The predicted molar refractivity (Wildman–Crippen MR) is 108 cm³/mol. The van der Waals surface area contributed by atoms with Crippen LogP contribution < -0.4 is 16.0 Å². The maximum Gasteiger partial charge on any atom is 0.335 e. The first-order valence-corrected chi connectivity index (χ1v) is 8.77. The Balaban J connectivity index is 2.24. The summed E-state index contributed by atoms with van der Waals surface area (Å²) in [6.45, 7) is 1.84. The SMILES string of the molecule is COc1ccc2c(c1)c1c(c(=O)n(-c3cc(Cl)ccc3C)c(=O)n1C)n2C. The van der Waals surface area contributed by atoms with Gasteiger partial charge in [0, 0.05) is 24.5 Å². The van der Waals surface area contributed by atoms with Crippen molar-refractivity contribution < 1.29 is 4.74 Å². The molecule has 0 fully saturated rings. The normalized spacial score (nSPS) is 11.4. The monoisotopic (exact) mass is 383 g/mol. The molecule has 0 amide bonds. The van der Waals surface area contributed by atoms with Crippen LogP contribution in [0.25, 0.3) is 27.6 Å². The van der Waals surface area contributed by atoms with Gasteiger partial charge in [-0.25, -0.2) is 9.36 Å². The fourth-order valence-corrected chi connectivity index (χ4v) is 3.76. The number of aromatic nitrogens is 3. The Labute approximate surface area is 159 Å². The maximum absolute atomic E-state index is 13.4. The van der Waals surface area contributed by atoms with E-state index in [1.807, 2.05) is 36.7 Å². The summed E-state index contributed by atoms with van der Waals surface area (Å²) in [6, 6.07) is 10.7. The first kappa shape index (κ1) is 17.4. The summed E-state index contributed by atoms with van der Waals surface area (Å²) < 4.78 is 9.80. The van der Waals surface area contributed by atoms with Crippen molar-refractivity contribution in [3.63, 3.8) is 0 Å². The Morgan fingerprint density at radius 1 is 0.963 bits per heavy atom. The average molecular weight is 384 g/mol. The molecule has 0 aliphatic rings. The van der Waals surface area contributed by atoms with Crippen LogP contribution in [0, 0.1) is 6.92 Å². The third-order valence-electron chi connectivity index (χ3n) is 5.01. The van der Waals surface area contributed by atoms with E-state index in [9.17, 15) is 9.59 Å². The van der Waals surface area contributed by atoms with Gasteiger partial charge in [-0.15, -0.1) is 0 Å². The standard InChI is InChI=1S/C20H18ClN3O3/c1-11-5-6-12(21)9-16(11)24-19(25)18-17(23(3)20(24)26)14-10-13(27-4)7-8-15(14)22(18)2/h5-10H,1-4H3. The zero-order valence-electron chi connectivity index (χ0n) is 15.4. The molecule has 0 atom stereocenters. The molecule has 2 heterocycles. The highest BCUT2D eigenvalue weighted by Crippen LogP contribution is 2.29. The second-order valence-electron chi connectivity index (χ2n) is 6.55. The molecule has 4 rings (SSSR count). The number of halogens is 1. The van der Waals surface area contributed by atoms with E-state index < -0.39 is 5.69 Å². The second kappa shape index (κ2) is 6.03. The number of benzene rings is 2. The molecule has 4 aromatic rings. The van der Waals surface area contributed by atoms with Crippen LogP contribution in [0.3, 0.4) is 0 Å². The highest BCUT2D eigenvalue weighted by molar-refractivity contribution is 6.30. The van der Waals surface area contributed by atoms with Crippen molar-refractivity contribution in [3.8, 4) is 11.4 Å². The van der Waals surface area contributed by atoms with Crippen molar-refractivity contribution in [2.45, 2.75) is 6.92 Å². The topological polar surface area (TPSA) is 58.2 Å². The lowest BCUT2D eigenvalue weighted by Gasteiger charge is -2.12. The Kier molecular flexibility index (Phi) is 3.89. The summed E-state index contributed by atoms with van der Waals surface area (Å²) in [5.74, 6) is 0.664. The Bertz CT molecular complexity index is 1350. The number of nitrogens with zero attached hydrogens (tertiary/aromatic N) is 3. The number of rotatable bonds is 2. The lowest BCUT2D eigenvalue weighted by Crippen LogP contribution is -2.38. The van der Waals surface area contributed by atoms with Gasteiger partial charge >= 0.3 is 5.69 Å². The largest absolute Gasteiger partial charge is 0.497 e. The minimum Gasteiger partial charge on any atom is -0.497 e. The van der Waals surface area contributed by atoms with Gasteiger partial charge in [-0.3, -0.25) is 9.36 Å². The number of ether oxygens (including phenoxy) is 1.